The van der Waals surface area contributed by atoms with E-state index in [1.807, 2.05) is 20.8 Å². The van der Waals surface area contributed by atoms with Crippen LogP contribution in [0.3, 0.4) is 0 Å². The lowest BCUT2D eigenvalue weighted by atomic mass is 9.93. The summed E-state index contributed by atoms with van der Waals surface area (Å²) in [4.78, 5) is 13.8. The van der Waals surface area contributed by atoms with Crippen LogP contribution in [-0.2, 0) is 14.8 Å². The van der Waals surface area contributed by atoms with Crippen LogP contribution in [0.15, 0.2) is 0 Å². The quantitative estimate of drug-likeness (QED) is 0.791. The largest absolute Gasteiger partial charge is 0.341 e. The molecule has 0 spiro atoms. The van der Waals surface area contributed by atoms with E-state index in [9.17, 15) is 13.2 Å². The molecule has 0 aromatic carbocycles. The Labute approximate surface area is 104 Å². The van der Waals surface area contributed by atoms with Gasteiger partial charge in [-0.1, -0.05) is 20.8 Å². The van der Waals surface area contributed by atoms with Gasteiger partial charge >= 0.3 is 0 Å². The van der Waals surface area contributed by atoms with Gasteiger partial charge in [0.25, 0.3) is 0 Å². The number of likely N-dealkylation sites (tertiary alicyclic amines) is 1. The Bertz CT molecular complexity index is 384. The van der Waals surface area contributed by atoms with Gasteiger partial charge in [0.05, 0.1) is 6.26 Å². The summed E-state index contributed by atoms with van der Waals surface area (Å²) in [6.07, 6.45) is 2.79. The second-order valence-electron chi connectivity index (χ2n) is 5.73. The van der Waals surface area contributed by atoms with Crippen LogP contribution >= 0.6 is 0 Å². The number of amides is 1. The lowest BCUT2D eigenvalue weighted by molar-refractivity contribution is -0.140. The third-order valence-electron chi connectivity index (χ3n) is 2.73. The number of piperidine rings is 1. The van der Waals surface area contributed by atoms with Crippen molar-refractivity contribution < 1.29 is 13.2 Å². The molecule has 0 unspecified atom stereocenters. The number of nitrogens with zero attached hydrogens (tertiary/aromatic N) is 1. The Morgan fingerprint density at radius 1 is 1.35 bits per heavy atom. The van der Waals surface area contributed by atoms with Gasteiger partial charge in [-0.25, -0.2) is 13.1 Å². The van der Waals surface area contributed by atoms with E-state index < -0.39 is 15.4 Å². The normalized spacial score (nSPS) is 22.6. The average molecular weight is 262 g/mol. The van der Waals surface area contributed by atoms with Crippen molar-refractivity contribution in [2.75, 3.05) is 19.3 Å². The topological polar surface area (TPSA) is 66.5 Å². The Morgan fingerprint density at radius 2 is 1.94 bits per heavy atom. The molecule has 1 heterocycles. The van der Waals surface area contributed by atoms with Gasteiger partial charge in [0, 0.05) is 24.5 Å². The van der Waals surface area contributed by atoms with Crippen molar-refractivity contribution in [3.63, 3.8) is 0 Å². The van der Waals surface area contributed by atoms with Crippen molar-refractivity contribution in [3.05, 3.63) is 0 Å². The van der Waals surface area contributed by atoms with Crippen LogP contribution < -0.4 is 4.72 Å². The first kappa shape index (κ1) is 14.4. The molecule has 6 heteroatoms. The highest BCUT2D eigenvalue weighted by Crippen LogP contribution is 2.21. The smallest absolute Gasteiger partial charge is 0.228 e. The predicted octanol–water partition coefficient (Wildman–Crippen LogP) is 0.573. The highest BCUT2D eigenvalue weighted by molar-refractivity contribution is 7.88. The Kier molecular flexibility index (Phi) is 4.19. The zero-order chi connectivity index (χ0) is 13.3. The zero-order valence-corrected chi connectivity index (χ0v) is 11.8. The number of nitrogens with one attached hydrogen (secondary N) is 1. The van der Waals surface area contributed by atoms with Crippen LogP contribution in [0.2, 0.25) is 0 Å². The molecular formula is C11H22N2O3S. The highest BCUT2D eigenvalue weighted by Gasteiger charge is 2.31. The van der Waals surface area contributed by atoms with Gasteiger partial charge in [0.2, 0.25) is 15.9 Å². The fourth-order valence-corrected chi connectivity index (χ4v) is 2.83. The summed E-state index contributed by atoms with van der Waals surface area (Å²) < 4.78 is 24.9. The maximum absolute atomic E-state index is 12.1. The third-order valence-corrected chi connectivity index (χ3v) is 3.49. The molecule has 0 aromatic heterocycles. The van der Waals surface area contributed by atoms with E-state index in [0.29, 0.717) is 6.54 Å². The van der Waals surface area contributed by atoms with E-state index in [4.69, 9.17) is 0 Å². The van der Waals surface area contributed by atoms with Gasteiger partial charge in [0.1, 0.15) is 0 Å². The first-order valence-electron chi connectivity index (χ1n) is 5.86. The first-order chi connectivity index (χ1) is 7.59. The Hall–Kier alpha value is -0.620. The number of carbonyl (C=O) groups is 1. The summed E-state index contributed by atoms with van der Waals surface area (Å²) in [5.74, 6) is 0.0810. The van der Waals surface area contributed by atoms with E-state index in [1.165, 1.54) is 0 Å². The molecule has 0 bridgehead atoms. The Morgan fingerprint density at radius 3 is 2.41 bits per heavy atom. The van der Waals surface area contributed by atoms with Gasteiger partial charge in [-0.2, -0.15) is 0 Å². The maximum atomic E-state index is 12.1. The number of sulfonamides is 1. The summed E-state index contributed by atoms with van der Waals surface area (Å²) in [5, 5.41) is 0. The van der Waals surface area contributed by atoms with Gasteiger partial charge in [-0.3, -0.25) is 4.79 Å². The monoisotopic (exact) mass is 262 g/mol. The summed E-state index contributed by atoms with van der Waals surface area (Å²) in [6, 6.07) is -0.148. The van der Waals surface area contributed by atoms with Crippen molar-refractivity contribution in [1.82, 2.24) is 9.62 Å². The molecule has 1 fully saturated rings. The molecule has 17 heavy (non-hydrogen) atoms. The van der Waals surface area contributed by atoms with Crippen LogP contribution in [0.5, 0.6) is 0 Å². The first-order valence-corrected chi connectivity index (χ1v) is 7.75. The van der Waals surface area contributed by atoms with Crippen LogP contribution in [0.4, 0.5) is 0 Å². The van der Waals surface area contributed by atoms with E-state index in [1.54, 1.807) is 4.90 Å². The van der Waals surface area contributed by atoms with Gasteiger partial charge in [-0.15, -0.1) is 0 Å². The molecule has 1 atom stereocenters. The molecule has 0 aliphatic carbocycles. The summed E-state index contributed by atoms with van der Waals surface area (Å²) >= 11 is 0. The molecule has 5 nitrogen and oxygen atoms in total. The molecule has 0 aromatic rings. The zero-order valence-electron chi connectivity index (χ0n) is 11.0. The summed E-state index contributed by atoms with van der Waals surface area (Å²) in [6.45, 7) is 6.83. The lowest BCUT2D eigenvalue weighted by Crippen LogP contribution is -2.51. The van der Waals surface area contributed by atoms with Crippen molar-refractivity contribution in [1.29, 1.82) is 0 Å². The molecule has 1 N–H and O–H groups in total. The van der Waals surface area contributed by atoms with Crippen LogP contribution in [0, 0.1) is 5.41 Å². The van der Waals surface area contributed by atoms with Crippen LogP contribution in [0.25, 0.3) is 0 Å². The minimum absolute atomic E-state index is 0.0810. The van der Waals surface area contributed by atoms with Crippen LogP contribution in [-0.4, -0.2) is 44.6 Å². The average Bonchev–Trinajstić information content (AvgIpc) is 2.12. The standard InChI is InChI=1S/C11H22N2O3S/c1-11(2,3)10(14)13-7-5-6-9(8-13)12-17(4,15)16/h9,12H,5-8H2,1-4H3/t9-/m1/s1. The van der Waals surface area contributed by atoms with E-state index in [-0.39, 0.29) is 11.9 Å². The van der Waals surface area contributed by atoms with E-state index >= 15 is 0 Å². The fraction of sp³-hybridized carbons (Fsp3) is 0.909. The second-order valence-corrected chi connectivity index (χ2v) is 7.51. The maximum Gasteiger partial charge on any atom is 0.228 e. The molecule has 1 aliphatic rings. The van der Waals surface area contributed by atoms with Crippen LogP contribution in [0.1, 0.15) is 33.6 Å². The van der Waals surface area contributed by atoms with Gasteiger partial charge < -0.3 is 4.90 Å². The number of rotatable bonds is 2. The Balaban J connectivity index is 2.64. The molecule has 1 amide bonds. The van der Waals surface area contributed by atoms with E-state index in [2.05, 4.69) is 4.72 Å². The molecule has 0 radical (unpaired) electrons. The van der Waals surface area contributed by atoms with Gasteiger partial charge in [0.15, 0.2) is 0 Å². The highest BCUT2D eigenvalue weighted by atomic mass is 32.2. The van der Waals surface area contributed by atoms with Gasteiger partial charge in [-0.05, 0) is 12.8 Å². The molecular weight excluding hydrogens is 240 g/mol. The molecule has 0 saturated carbocycles. The predicted molar refractivity (Wildman–Crippen MR) is 67.0 cm³/mol. The number of hydrogen-bond donors (Lipinski definition) is 1. The SMILES string of the molecule is CC(C)(C)C(=O)N1CCC[C@@H](NS(C)(=O)=O)C1. The van der Waals surface area contributed by atoms with Crippen molar-refractivity contribution in [2.24, 2.45) is 5.41 Å². The molecule has 1 aliphatic heterocycles. The third kappa shape index (κ3) is 4.63. The molecule has 1 saturated heterocycles. The van der Waals surface area contributed by atoms with Crippen molar-refractivity contribution in [2.45, 2.75) is 39.7 Å². The fourth-order valence-electron chi connectivity index (χ4n) is 2.03. The molecule has 1 rings (SSSR count). The minimum atomic E-state index is -3.20. The number of carbonyl (C=O) groups excluding carboxylic acids is 1. The number of hydrogen-bond acceptors (Lipinski definition) is 3. The summed E-state index contributed by atoms with van der Waals surface area (Å²) in [7, 11) is -3.20. The van der Waals surface area contributed by atoms with Crippen molar-refractivity contribution in [3.8, 4) is 0 Å². The summed E-state index contributed by atoms with van der Waals surface area (Å²) in [5.41, 5.74) is -0.410. The molecule has 100 valence electrons. The van der Waals surface area contributed by atoms with Crippen molar-refractivity contribution >= 4 is 15.9 Å². The van der Waals surface area contributed by atoms with E-state index in [0.717, 1.165) is 25.6 Å². The second kappa shape index (κ2) is 4.94. The lowest BCUT2D eigenvalue weighted by Gasteiger charge is -2.36. The minimum Gasteiger partial charge on any atom is -0.341 e.